The summed E-state index contributed by atoms with van der Waals surface area (Å²) in [6.07, 6.45) is 5.61. The predicted molar refractivity (Wildman–Crippen MR) is 93.8 cm³/mol. The number of nitrogens with zero attached hydrogens (tertiary/aromatic N) is 1. The number of hydrogen-bond acceptors (Lipinski definition) is 3. The van der Waals surface area contributed by atoms with Gasteiger partial charge in [-0.2, -0.15) is 0 Å². The van der Waals surface area contributed by atoms with E-state index in [1.807, 2.05) is 4.90 Å². The van der Waals surface area contributed by atoms with E-state index < -0.39 is 0 Å². The number of halogens is 1. The fraction of sp³-hybridized carbons (Fsp3) is 0.667. The van der Waals surface area contributed by atoms with Crippen molar-refractivity contribution in [3.05, 3.63) is 32.2 Å². The molecule has 5 nitrogen and oxygen atoms in total. The number of rotatable bonds is 5. The van der Waals surface area contributed by atoms with Gasteiger partial charge in [-0.3, -0.25) is 9.59 Å². The van der Waals surface area contributed by atoms with E-state index in [0.29, 0.717) is 35.3 Å². The lowest BCUT2D eigenvalue weighted by Crippen LogP contribution is -2.44. The van der Waals surface area contributed by atoms with Gasteiger partial charge in [0.15, 0.2) is 0 Å². The predicted octanol–water partition coefficient (Wildman–Crippen LogP) is 3.07. The van der Waals surface area contributed by atoms with E-state index in [1.54, 1.807) is 13.8 Å². The Labute approximate surface area is 147 Å². The zero-order valence-electron chi connectivity index (χ0n) is 14.4. The number of hydrogen-bond donors (Lipinski definition) is 1. The van der Waals surface area contributed by atoms with Crippen LogP contribution in [0.5, 0.6) is 0 Å². The van der Waals surface area contributed by atoms with Crippen LogP contribution >= 0.6 is 11.6 Å². The highest BCUT2D eigenvalue weighted by atomic mass is 35.5. The quantitative estimate of drug-likeness (QED) is 0.885. The second kappa shape index (κ2) is 7.28. The van der Waals surface area contributed by atoms with Crippen LogP contribution in [0.4, 0.5) is 0 Å². The van der Waals surface area contributed by atoms with Crippen LogP contribution in [0.25, 0.3) is 0 Å². The van der Waals surface area contributed by atoms with Crippen LogP contribution in [0.1, 0.15) is 53.7 Å². The lowest BCUT2D eigenvalue weighted by atomic mass is 9.85. The third-order valence-electron chi connectivity index (χ3n) is 5.21. The Morgan fingerprint density at radius 3 is 2.58 bits per heavy atom. The van der Waals surface area contributed by atoms with Crippen molar-refractivity contribution < 1.29 is 9.53 Å². The minimum absolute atomic E-state index is 0.0781. The molecule has 1 unspecified atom stereocenters. The van der Waals surface area contributed by atoms with Crippen LogP contribution < -0.4 is 5.56 Å². The molecule has 0 spiro atoms. The van der Waals surface area contributed by atoms with Crippen molar-refractivity contribution in [2.45, 2.75) is 52.1 Å². The van der Waals surface area contributed by atoms with E-state index in [-0.39, 0.29) is 23.1 Å². The molecule has 0 bridgehead atoms. The molecule has 1 atom stereocenters. The Morgan fingerprint density at radius 1 is 1.25 bits per heavy atom. The summed E-state index contributed by atoms with van der Waals surface area (Å²) in [5, 5.41) is 0.457. The van der Waals surface area contributed by atoms with Gasteiger partial charge in [0.05, 0.1) is 11.1 Å². The first kappa shape index (κ1) is 17.5. The summed E-state index contributed by atoms with van der Waals surface area (Å²) < 4.78 is 5.70. The molecule has 1 saturated carbocycles. The Kier molecular flexibility index (Phi) is 5.30. The first-order chi connectivity index (χ1) is 11.5. The van der Waals surface area contributed by atoms with E-state index in [2.05, 4.69) is 4.98 Å². The summed E-state index contributed by atoms with van der Waals surface area (Å²) >= 11 is 6.25. The van der Waals surface area contributed by atoms with Crippen LogP contribution in [0, 0.1) is 19.8 Å². The van der Waals surface area contributed by atoms with Gasteiger partial charge in [0.2, 0.25) is 0 Å². The van der Waals surface area contributed by atoms with Gasteiger partial charge >= 0.3 is 0 Å². The minimum Gasteiger partial charge on any atom is -0.376 e. The smallest absolute Gasteiger partial charge is 0.261 e. The van der Waals surface area contributed by atoms with Crippen LogP contribution in [-0.4, -0.2) is 41.6 Å². The molecule has 0 radical (unpaired) electrons. The van der Waals surface area contributed by atoms with Gasteiger partial charge < -0.3 is 14.6 Å². The summed E-state index contributed by atoms with van der Waals surface area (Å²) in [6, 6.07) is 0. The normalized spacial score (nSPS) is 20.9. The summed E-state index contributed by atoms with van der Waals surface area (Å²) in [6.45, 7) is 5.49. The lowest BCUT2D eigenvalue weighted by Gasteiger charge is -2.33. The summed E-state index contributed by atoms with van der Waals surface area (Å²) in [7, 11) is 0. The van der Waals surface area contributed by atoms with Crippen molar-refractivity contribution in [2.75, 3.05) is 19.7 Å². The highest BCUT2D eigenvalue weighted by molar-refractivity contribution is 6.32. The molecular formula is C18H25ClN2O3. The van der Waals surface area contributed by atoms with Crippen molar-refractivity contribution in [3.8, 4) is 0 Å². The number of carbonyl (C=O) groups is 1. The molecule has 2 heterocycles. The van der Waals surface area contributed by atoms with Gasteiger partial charge in [0, 0.05) is 25.4 Å². The third-order valence-corrected chi connectivity index (χ3v) is 5.78. The topological polar surface area (TPSA) is 62.4 Å². The molecule has 6 heteroatoms. The number of pyridine rings is 1. The molecule has 3 rings (SSSR count). The third kappa shape index (κ3) is 3.52. The maximum Gasteiger partial charge on any atom is 0.261 e. The second-order valence-corrected chi connectivity index (χ2v) is 7.41. The minimum atomic E-state index is -0.356. The molecule has 132 valence electrons. The monoisotopic (exact) mass is 352 g/mol. The zero-order valence-corrected chi connectivity index (χ0v) is 15.1. The first-order valence-corrected chi connectivity index (χ1v) is 9.15. The number of ether oxygens (including phenoxy) is 1. The average Bonchev–Trinajstić information content (AvgIpc) is 3.00. The number of aryl methyl sites for hydroxylation is 1. The Morgan fingerprint density at radius 2 is 2.00 bits per heavy atom. The molecule has 1 aliphatic carbocycles. The lowest BCUT2D eigenvalue weighted by molar-refractivity contribution is 0.0446. The highest BCUT2D eigenvalue weighted by Crippen LogP contribution is 2.29. The van der Waals surface area contributed by atoms with Gasteiger partial charge in [0.25, 0.3) is 11.5 Å². The van der Waals surface area contributed by atoms with Gasteiger partial charge in [-0.15, -0.1) is 0 Å². The maximum atomic E-state index is 13.1. The van der Waals surface area contributed by atoms with Gasteiger partial charge in [-0.05, 0) is 51.0 Å². The van der Waals surface area contributed by atoms with E-state index in [9.17, 15) is 9.59 Å². The molecule has 1 saturated heterocycles. The number of aromatic amines is 1. The fourth-order valence-electron chi connectivity index (χ4n) is 3.53. The molecule has 24 heavy (non-hydrogen) atoms. The van der Waals surface area contributed by atoms with E-state index in [1.165, 1.54) is 6.42 Å². The Balaban J connectivity index is 1.87. The van der Waals surface area contributed by atoms with E-state index in [0.717, 1.165) is 32.3 Å². The summed E-state index contributed by atoms with van der Waals surface area (Å²) in [5.74, 6) is 0.314. The number of amides is 1. The molecular weight excluding hydrogens is 328 g/mol. The first-order valence-electron chi connectivity index (χ1n) is 8.77. The largest absolute Gasteiger partial charge is 0.376 e. The van der Waals surface area contributed by atoms with Crippen LogP contribution in [-0.2, 0) is 4.74 Å². The van der Waals surface area contributed by atoms with Crippen molar-refractivity contribution in [3.63, 3.8) is 0 Å². The standard InChI is InChI=1S/C18H25ClN2O3/c1-11-15(17(22)20-12(2)16(11)19)18(23)21(9-13-5-3-6-13)10-14-7-4-8-24-14/h13-14H,3-10H2,1-2H3,(H,20,22). The Hall–Kier alpha value is -1.33. The van der Waals surface area contributed by atoms with Crippen molar-refractivity contribution in [2.24, 2.45) is 5.92 Å². The Bertz CT molecular complexity index is 676. The SMILES string of the molecule is Cc1[nH]c(=O)c(C(=O)N(CC2CCC2)CC2CCCO2)c(C)c1Cl. The van der Waals surface area contributed by atoms with Crippen LogP contribution in [0.3, 0.4) is 0 Å². The van der Waals surface area contributed by atoms with Gasteiger partial charge in [-0.1, -0.05) is 18.0 Å². The molecule has 1 N–H and O–H groups in total. The van der Waals surface area contributed by atoms with Crippen molar-refractivity contribution in [1.29, 1.82) is 0 Å². The number of aromatic nitrogens is 1. The second-order valence-electron chi connectivity index (χ2n) is 7.04. The van der Waals surface area contributed by atoms with E-state index in [4.69, 9.17) is 16.3 Å². The highest BCUT2D eigenvalue weighted by Gasteiger charge is 2.30. The molecule has 0 aromatic carbocycles. The number of H-pyrrole nitrogens is 1. The zero-order chi connectivity index (χ0) is 17.3. The van der Waals surface area contributed by atoms with Gasteiger partial charge in [0.1, 0.15) is 5.56 Å². The maximum absolute atomic E-state index is 13.1. The van der Waals surface area contributed by atoms with Crippen LogP contribution in [0.15, 0.2) is 4.79 Å². The molecule has 1 aromatic heterocycles. The molecule has 2 fully saturated rings. The average molecular weight is 353 g/mol. The van der Waals surface area contributed by atoms with E-state index >= 15 is 0 Å². The number of carbonyl (C=O) groups excluding carboxylic acids is 1. The molecule has 1 aromatic rings. The van der Waals surface area contributed by atoms with Gasteiger partial charge in [-0.25, -0.2) is 0 Å². The van der Waals surface area contributed by atoms with Crippen LogP contribution in [0.2, 0.25) is 5.02 Å². The van der Waals surface area contributed by atoms with Crippen molar-refractivity contribution in [1.82, 2.24) is 9.88 Å². The molecule has 1 amide bonds. The summed E-state index contributed by atoms with van der Waals surface area (Å²) in [5.41, 5.74) is 0.975. The van der Waals surface area contributed by atoms with Crippen molar-refractivity contribution >= 4 is 17.5 Å². The molecule has 1 aliphatic heterocycles. The number of nitrogens with one attached hydrogen (secondary N) is 1. The fourth-order valence-corrected chi connectivity index (χ4v) is 3.67. The molecule has 2 aliphatic rings. The summed E-state index contributed by atoms with van der Waals surface area (Å²) in [4.78, 5) is 30.0.